The maximum atomic E-state index is 11.7. The fraction of sp³-hybridized carbons (Fsp3) is 0.214. The molecule has 0 saturated carbocycles. The van der Waals surface area contributed by atoms with Gasteiger partial charge in [-0.1, -0.05) is 18.2 Å². The van der Waals surface area contributed by atoms with E-state index in [0.29, 0.717) is 11.3 Å². The Balaban J connectivity index is 2.37. The number of carbonyl (C=O) groups excluding carboxylic acids is 3. The highest BCUT2D eigenvalue weighted by Gasteiger charge is 2.27. The molecule has 104 valence electrons. The van der Waals surface area contributed by atoms with E-state index in [2.05, 4.69) is 0 Å². The molecule has 2 rings (SSSR count). The normalized spacial score (nSPS) is 14.9. The summed E-state index contributed by atoms with van der Waals surface area (Å²) in [4.78, 5) is 34.3. The first kappa shape index (κ1) is 13.8. The van der Waals surface area contributed by atoms with Gasteiger partial charge in [0, 0.05) is 5.56 Å². The highest BCUT2D eigenvalue weighted by atomic mass is 16.5. The SMILES string of the molecule is CC(C)Oc1ccccc1C=C1C(=O)NC(=O)NC1=O. The molecule has 1 saturated heterocycles. The van der Waals surface area contributed by atoms with Crippen molar-refractivity contribution in [3.05, 3.63) is 35.4 Å². The van der Waals surface area contributed by atoms with Crippen LogP contribution in [0, 0.1) is 0 Å². The summed E-state index contributed by atoms with van der Waals surface area (Å²) >= 11 is 0. The summed E-state index contributed by atoms with van der Waals surface area (Å²) < 4.78 is 5.60. The second kappa shape index (κ2) is 5.56. The Bertz CT molecular complexity index is 583. The first-order chi connectivity index (χ1) is 9.47. The molecule has 0 aliphatic carbocycles. The highest BCUT2D eigenvalue weighted by Crippen LogP contribution is 2.22. The minimum absolute atomic E-state index is 0.0369. The molecule has 0 radical (unpaired) electrons. The average molecular weight is 274 g/mol. The van der Waals surface area contributed by atoms with Gasteiger partial charge in [-0.05, 0) is 26.0 Å². The molecule has 0 aromatic heterocycles. The first-order valence-electron chi connectivity index (χ1n) is 6.11. The van der Waals surface area contributed by atoms with Crippen molar-refractivity contribution in [2.24, 2.45) is 0 Å². The number of para-hydroxylation sites is 1. The van der Waals surface area contributed by atoms with Crippen LogP contribution in [0.5, 0.6) is 5.75 Å². The number of nitrogens with one attached hydrogen (secondary N) is 2. The topological polar surface area (TPSA) is 84.5 Å². The molecule has 1 aliphatic rings. The minimum atomic E-state index is -0.816. The lowest BCUT2D eigenvalue weighted by molar-refractivity contribution is -0.123. The second-order valence-corrected chi connectivity index (χ2v) is 4.50. The Kier molecular flexibility index (Phi) is 3.84. The second-order valence-electron chi connectivity index (χ2n) is 4.50. The van der Waals surface area contributed by atoms with Crippen LogP contribution in [-0.4, -0.2) is 23.9 Å². The molecule has 0 spiro atoms. The predicted octanol–water partition coefficient (Wildman–Crippen LogP) is 1.22. The van der Waals surface area contributed by atoms with E-state index < -0.39 is 17.8 Å². The Hall–Kier alpha value is -2.63. The maximum absolute atomic E-state index is 11.7. The molecule has 0 atom stereocenters. The summed E-state index contributed by atoms with van der Waals surface area (Å²) in [6, 6.07) is 6.22. The zero-order chi connectivity index (χ0) is 14.7. The van der Waals surface area contributed by atoms with Crippen LogP contribution >= 0.6 is 0 Å². The Morgan fingerprint density at radius 3 is 2.25 bits per heavy atom. The standard InChI is InChI=1S/C14H14N2O4/c1-8(2)20-11-6-4-3-5-9(11)7-10-12(17)15-14(19)16-13(10)18/h3-8H,1-2H3,(H2,15,16,17,18,19). The monoisotopic (exact) mass is 274 g/mol. The number of hydrogen-bond donors (Lipinski definition) is 2. The Morgan fingerprint density at radius 2 is 1.65 bits per heavy atom. The van der Waals surface area contributed by atoms with Crippen LogP contribution in [0.2, 0.25) is 0 Å². The lowest BCUT2D eigenvalue weighted by Gasteiger charge is -2.16. The van der Waals surface area contributed by atoms with Gasteiger partial charge < -0.3 is 4.74 Å². The van der Waals surface area contributed by atoms with Gasteiger partial charge in [-0.15, -0.1) is 0 Å². The number of ether oxygens (including phenoxy) is 1. The molecule has 4 amide bonds. The van der Waals surface area contributed by atoms with Gasteiger partial charge in [-0.25, -0.2) is 4.79 Å². The van der Waals surface area contributed by atoms with Crippen molar-refractivity contribution in [2.45, 2.75) is 20.0 Å². The number of rotatable bonds is 3. The number of carbonyl (C=O) groups is 3. The zero-order valence-corrected chi connectivity index (χ0v) is 11.1. The highest BCUT2D eigenvalue weighted by molar-refractivity contribution is 6.31. The molecular formula is C14H14N2O4. The number of barbiturate groups is 1. The van der Waals surface area contributed by atoms with E-state index in [9.17, 15) is 14.4 Å². The lowest BCUT2D eigenvalue weighted by Crippen LogP contribution is -2.51. The van der Waals surface area contributed by atoms with Crippen molar-refractivity contribution in [3.8, 4) is 5.75 Å². The lowest BCUT2D eigenvalue weighted by atomic mass is 10.1. The third-order valence-electron chi connectivity index (χ3n) is 2.52. The Labute approximate surface area is 115 Å². The van der Waals surface area contributed by atoms with Gasteiger partial charge in [0.15, 0.2) is 0 Å². The average Bonchev–Trinajstić information content (AvgIpc) is 2.34. The molecule has 1 aromatic rings. The fourth-order valence-electron chi connectivity index (χ4n) is 1.72. The van der Waals surface area contributed by atoms with Gasteiger partial charge >= 0.3 is 6.03 Å². The quantitative estimate of drug-likeness (QED) is 0.641. The van der Waals surface area contributed by atoms with Crippen molar-refractivity contribution in [2.75, 3.05) is 0 Å². The van der Waals surface area contributed by atoms with Crippen molar-refractivity contribution >= 4 is 23.9 Å². The van der Waals surface area contributed by atoms with Crippen LogP contribution in [0.25, 0.3) is 6.08 Å². The van der Waals surface area contributed by atoms with Crippen LogP contribution in [0.3, 0.4) is 0 Å². The van der Waals surface area contributed by atoms with Gasteiger partial charge in [0.2, 0.25) is 0 Å². The third kappa shape index (κ3) is 3.03. The van der Waals surface area contributed by atoms with E-state index in [4.69, 9.17) is 4.74 Å². The summed E-state index contributed by atoms with van der Waals surface area (Å²) in [7, 11) is 0. The van der Waals surface area contributed by atoms with Crippen LogP contribution in [0.15, 0.2) is 29.8 Å². The van der Waals surface area contributed by atoms with E-state index in [0.717, 1.165) is 0 Å². The molecule has 1 aliphatic heterocycles. The van der Waals surface area contributed by atoms with Gasteiger partial charge in [0.1, 0.15) is 11.3 Å². The van der Waals surface area contributed by atoms with Crippen LogP contribution in [-0.2, 0) is 9.59 Å². The summed E-state index contributed by atoms with van der Waals surface area (Å²) in [6.07, 6.45) is 1.36. The molecule has 1 aromatic carbocycles. The number of hydrogen-bond acceptors (Lipinski definition) is 4. The first-order valence-corrected chi connectivity index (χ1v) is 6.11. The summed E-state index contributed by atoms with van der Waals surface area (Å²) in [5.41, 5.74) is 0.459. The molecular weight excluding hydrogens is 260 g/mol. The molecule has 1 heterocycles. The predicted molar refractivity (Wildman–Crippen MR) is 71.9 cm³/mol. The Morgan fingerprint density at radius 1 is 1.05 bits per heavy atom. The third-order valence-corrected chi connectivity index (χ3v) is 2.52. The van der Waals surface area contributed by atoms with Crippen LogP contribution in [0.4, 0.5) is 4.79 Å². The summed E-state index contributed by atoms with van der Waals surface area (Å²) in [5.74, 6) is -0.885. The van der Waals surface area contributed by atoms with Crippen molar-refractivity contribution in [3.63, 3.8) is 0 Å². The molecule has 0 bridgehead atoms. The smallest absolute Gasteiger partial charge is 0.328 e. The van der Waals surface area contributed by atoms with E-state index >= 15 is 0 Å². The number of urea groups is 1. The van der Waals surface area contributed by atoms with Gasteiger partial charge in [-0.3, -0.25) is 20.2 Å². The van der Waals surface area contributed by atoms with E-state index in [1.807, 2.05) is 24.5 Å². The maximum Gasteiger partial charge on any atom is 0.328 e. The molecule has 6 heteroatoms. The van der Waals surface area contributed by atoms with Crippen molar-refractivity contribution < 1.29 is 19.1 Å². The van der Waals surface area contributed by atoms with E-state index in [1.54, 1.807) is 24.3 Å². The zero-order valence-electron chi connectivity index (χ0n) is 11.1. The van der Waals surface area contributed by atoms with Crippen molar-refractivity contribution in [1.82, 2.24) is 10.6 Å². The molecule has 6 nitrogen and oxygen atoms in total. The van der Waals surface area contributed by atoms with Crippen LogP contribution < -0.4 is 15.4 Å². The largest absolute Gasteiger partial charge is 0.490 e. The van der Waals surface area contributed by atoms with Gasteiger partial charge in [0.05, 0.1) is 6.10 Å². The fourth-order valence-corrected chi connectivity index (χ4v) is 1.72. The van der Waals surface area contributed by atoms with Crippen molar-refractivity contribution in [1.29, 1.82) is 0 Å². The minimum Gasteiger partial charge on any atom is -0.490 e. The van der Waals surface area contributed by atoms with E-state index in [-0.39, 0.29) is 11.7 Å². The molecule has 2 N–H and O–H groups in total. The molecule has 20 heavy (non-hydrogen) atoms. The van der Waals surface area contributed by atoms with Gasteiger partial charge in [-0.2, -0.15) is 0 Å². The summed E-state index contributed by atoms with van der Waals surface area (Å²) in [5, 5.41) is 4.04. The number of amides is 4. The molecule has 0 unspecified atom stereocenters. The number of benzene rings is 1. The molecule has 1 fully saturated rings. The van der Waals surface area contributed by atoms with Gasteiger partial charge in [0.25, 0.3) is 11.8 Å². The van der Waals surface area contributed by atoms with Crippen LogP contribution in [0.1, 0.15) is 19.4 Å². The van der Waals surface area contributed by atoms with E-state index in [1.165, 1.54) is 6.08 Å². The summed E-state index contributed by atoms with van der Waals surface area (Å²) in [6.45, 7) is 3.76. The number of imide groups is 2.